The van der Waals surface area contributed by atoms with Gasteiger partial charge in [0.15, 0.2) is 0 Å². The van der Waals surface area contributed by atoms with Gasteiger partial charge < -0.3 is 15.0 Å². The normalized spacial score (nSPS) is 11.8. The fourth-order valence-electron chi connectivity index (χ4n) is 2.93. The molecule has 2 aromatic heterocycles. The quantitative estimate of drug-likeness (QED) is 0.398. The van der Waals surface area contributed by atoms with Crippen LogP contribution in [0.4, 0.5) is 11.5 Å². The van der Waals surface area contributed by atoms with E-state index in [-0.39, 0.29) is 0 Å². The molecule has 0 aliphatic rings. The van der Waals surface area contributed by atoms with E-state index in [1.807, 2.05) is 61.9 Å². The number of anilines is 2. The van der Waals surface area contributed by atoms with E-state index in [4.69, 9.17) is 4.74 Å². The fourth-order valence-corrected chi connectivity index (χ4v) is 4.07. The Bertz CT molecular complexity index is 1190. The molecule has 0 aliphatic heterocycles. The van der Waals surface area contributed by atoms with E-state index in [1.54, 1.807) is 17.7 Å². The van der Waals surface area contributed by atoms with E-state index in [1.165, 1.54) is 0 Å². The molecule has 1 N–H and O–H groups in total. The molecule has 0 saturated heterocycles. The van der Waals surface area contributed by atoms with Gasteiger partial charge in [-0.1, -0.05) is 15.9 Å². The molecule has 0 atom stereocenters. The maximum atomic E-state index is 6.12. The summed E-state index contributed by atoms with van der Waals surface area (Å²) in [6, 6.07) is 9.93. The number of hydrogen-bond donors (Lipinski definition) is 1. The summed E-state index contributed by atoms with van der Waals surface area (Å²) in [5.41, 5.74) is 4.56. The van der Waals surface area contributed by atoms with Gasteiger partial charge in [-0.3, -0.25) is 0 Å². The third kappa shape index (κ3) is 3.93. The van der Waals surface area contributed by atoms with Crippen molar-refractivity contribution in [1.29, 1.82) is 0 Å². The molecule has 28 heavy (non-hydrogen) atoms. The number of nitrogens with zero attached hydrogens (tertiary/aromatic N) is 4. The number of halogens is 1. The fraction of sp³-hybridized carbons (Fsp3) is 0.150. The molecule has 0 bridgehead atoms. The third-order valence-electron chi connectivity index (χ3n) is 3.97. The SMILES string of the molecule is C/C(=C\N(C)C)Oc1cc(Br)cc2ncnc(Nc3ccc4ncsc4c3)c12. The molecule has 0 amide bonds. The van der Waals surface area contributed by atoms with Gasteiger partial charge in [-0.25, -0.2) is 15.0 Å². The van der Waals surface area contributed by atoms with Crippen molar-refractivity contribution in [3.05, 3.63) is 58.6 Å². The molecule has 142 valence electrons. The number of benzene rings is 2. The number of aromatic nitrogens is 3. The summed E-state index contributed by atoms with van der Waals surface area (Å²) in [5.74, 6) is 2.14. The molecule has 0 spiro atoms. The average molecular weight is 456 g/mol. The second kappa shape index (κ2) is 7.73. The number of ether oxygens (including phenoxy) is 1. The minimum absolute atomic E-state index is 0.682. The van der Waals surface area contributed by atoms with Crippen LogP contribution >= 0.6 is 27.3 Å². The molecule has 0 fully saturated rings. The first-order valence-electron chi connectivity index (χ1n) is 8.57. The number of fused-ring (bicyclic) bond motifs is 2. The molecule has 2 aromatic carbocycles. The predicted octanol–water partition coefficient (Wildman–Crippen LogP) is 5.55. The van der Waals surface area contributed by atoms with Gasteiger partial charge in [0.1, 0.15) is 23.7 Å². The summed E-state index contributed by atoms with van der Waals surface area (Å²) >= 11 is 5.15. The lowest BCUT2D eigenvalue weighted by molar-refractivity contribution is 0.408. The van der Waals surface area contributed by atoms with Crippen LogP contribution in [0.5, 0.6) is 5.75 Å². The lowest BCUT2D eigenvalue weighted by Gasteiger charge is -2.15. The lowest BCUT2D eigenvalue weighted by Crippen LogP contribution is -2.05. The number of thiazole rings is 1. The van der Waals surface area contributed by atoms with E-state index in [0.717, 1.165) is 37.0 Å². The zero-order valence-corrected chi connectivity index (χ0v) is 18.0. The summed E-state index contributed by atoms with van der Waals surface area (Å²) < 4.78 is 8.13. The Morgan fingerprint density at radius 1 is 1.14 bits per heavy atom. The van der Waals surface area contributed by atoms with Gasteiger partial charge in [0, 0.05) is 30.5 Å². The van der Waals surface area contributed by atoms with Crippen LogP contribution in [0, 0.1) is 0 Å². The summed E-state index contributed by atoms with van der Waals surface area (Å²) in [4.78, 5) is 15.2. The third-order valence-corrected chi connectivity index (χ3v) is 5.22. The van der Waals surface area contributed by atoms with Crippen molar-refractivity contribution in [3.8, 4) is 5.75 Å². The van der Waals surface area contributed by atoms with Crippen molar-refractivity contribution in [2.45, 2.75) is 6.92 Å². The molecular weight excluding hydrogens is 438 g/mol. The first-order valence-corrected chi connectivity index (χ1v) is 10.2. The topological polar surface area (TPSA) is 63.2 Å². The summed E-state index contributed by atoms with van der Waals surface area (Å²) in [7, 11) is 3.91. The van der Waals surface area contributed by atoms with Gasteiger partial charge in [-0.15, -0.1) is 11.3 Å². The van der Waals surface area contributed by atoms with Crippen LogP contribution in [-0.2, 0) is 0 Å². The van der Waals surface area contributed by atoms with Crippen LogP contribution in [0.3, 0.4) is 0 Å². The van der Waals surface area contributed by atoms with E-state index in [2.05, 4.69) is 42.3 Å². The van der Waals surface area contributed by atoms with Crippen molar-refractivity contribution < 1.29 is 4.74 Å². The second-order valence-electron chi connectivity index (χ2n) is 6.49. The smallest absolute Gasteiger partial charge is 0.145 e. The van der Waals surface area contributed by atoms with Crippen LogP contribution < -0.4 is 10.1 Å². The molecule has 2 heterocycles. The van der Waals surface area contributed by atoms with Crippen LogP contribution in [0.1, 0.15) is 6.92 Å². The Hall–Kier alpha value is -2.71. The maximum Gasteiger partial charge on any atom is 0.145 e. The highest BCUT2D eigenvalue weighted by molar-refractivity contribution is 9.10. The van der Waals surface area contributed by atoms with E-state index in [9.17, 15) is 0 Å². The number of nitrogens with one attached hydrogen (secondary N) is 1. The first kappa shape index (κ1) is 18.6. The highest BCUT2D eigenvalue weighted by atomic mass is 79.9. The zero-order chi connectivity index (χ0) is 19.7. The van der Waals surface area contributed by atoms with Gasteiger partial charge in [0.25, 0.3) is 0 Å². The highest BCUT2D eigenvalue weighted by Gasteiger charge is 2.13. The molecule has 8 heteroatoms. The van der Waals surface area contributed by atoms with Gasteiger partial charge in [0.2, 0.25) is 0 Å². The van der Waals surface area contributed by atoms with E-state index < -0.39 is 0 Å². The van der Waals surface area contributed by atoms with Crippen LogP contribution in [0.2, 0.25) is 0 Å². The Morgan fingerprint density at radius 2 is 2.00 bits per heavy atom. The largest absolute Gasteiger partial charge is 0.460 e. The Morgan fingerprint density at radius 3 is 2.82 bits per heavy atom. The van der Waals surface area contributed by atoms with Crippen molar-refractivity contribution >= 4 is 59.9 Å². The highest BCUT2D eigenvalue weighted by Crippen LogP contribution is 2.36. The molecule has 0 radical (unpaired) electrons. The lowest BCUT2D eigenvalue weighted by atomic mass is 10.2. The molecule has 4 rings (SSSR count). The predicted molar refractivity (Wildman–Crippen MR) is 118 cm³/mol. The maximum absolute atomic E-state index is 6.12. The summed E-state index contributed by atoms with van der Waals surface area (Å²) in [5, 5.41) is 4.23. The number of rotatable bonds is 5. The average Bonchev–Trinajstić information content (AvgIpc) is 3.08. The van der Waals surface area contributed by atoms with Gasteiger partial charge in [0.05, 0.1) is 26.6 Å². The summed E-state index contributed by atoms with van der Waals surface area (Å²) in [6.07, 6.45) is 3.47. The van der Waals surface area contributed by atoms with Crippen LogP contribution in [-0.4, -0.2) is 33.9 Å². The minimum Gasteiger partial charge on any atom is -0.460 e. The van der Waals surface area contributed by atoms with E-state index in [0.29, 0.717) is 11.6 Å². The molecule has 0 aliphatic carbocycles. The van der Waals surface area contributed by atoms with Gasteiger partial charge in [-0.2, -0.15) is 0 Å². The molecule has 6 nitrogen and oxygen atoms in total. The Kier molecular flexibility index (Phi) is 5.15. The monoisotopic (exact) mass is 455 g/mol. The Balaban J connectivity index is 1.79. The van der Waals surface area contributed by atoms with Crippen molar-refractivity contribution in [1.82, 2.24) is 19.9 Å². The first-order chi connectivity index (χ1) is 13.5. The second-order valence-corrected chi connectivity index (χ2v) is 8.29. The zero-order valence-electron chi connectivity index (χ0n) is 15.6. The van der Waals surface area contributed by atoms with Crippen LogP contribution in [0.15, 0.2) is 58.6 Å². The minimum atomic E-state index is 0.682. The van der Waals surface area contributed by atoms with E-state index >= 15 is 0 Å². The molecule has 0 saturated carbocycles. The number of allylic oxidation sites excluding steroid dienone is 1. The number of hydrogen-bond acceptors (Lipinski definition) is 7. The van der Waals surface area contributed by atoms with Crippen molar-refractivity contribution in [3.63, 3.8) is 0 Å². The summed E-state index contributed by atoms with van der Waals surface area (Å²) in [6.45, 7) is 1.92. The molecule has 4 aromatic rings. The Labute approximate surface area is 175 Å². The van der Waals surface area contributed by atoms with Crippen molar-refractivity contribution in [2.24, 2.45) is 0 Å². The molecule has 0 unspecified atom stereocenters. The van der Waals surface area contributed by atoms with Gasteiger partial charge in [-0.05, 0) is 37.3 Å². The van der Waals surface area contributed by atoms with Crippen molar-refractivity contribution in [2.75, 3.05) is 19.4 Å². The standard InChI is InChI=1S/C20H18BrN5OS/c1-12(9-26(2)3)27-17-7-13(21)6-16-19(17)20(23-10-22-16)25-14-4-5-15-18(8-14)28-11-24-15/h4-11H,1-3H3,(H,22,23,25)/b12-9+. The van der Waals surface area contributed by atoms with Crippen LogP contribution in [0.25, 0.3) is 21.1 Å². The van der Waals surface area contributed by atoms with Gasteiger partial charge >= 0.3 is 0 Å². The molecular formula is C20H18BrN5OS.